The molecule has 0 spiro atoms. The van der Waals surface area contributed by atoms with Gasteiger partial charge < -0.3 is 4.90 Å². The molecule has 2 aromatic rings. The van der Waals surface area contributed by atoms with Crippen LogP contribution in [0.3, 0.4) is 0 Å². The van der Waals surface area contributed by atoms with Crippen molar-refractivity contribution in [2.45, 2.75) is 38.6 Å². The molecule has 0 bridgehead atoms. The number of anilines is 2. The van der Waals surface area contributed by atoms with Crippen molar-refractivity contribution in [2.75, 3.05) is 36.4 Å². The monoisotopic (exact) mass is 386 g/mol. The summed E-state index contributed by atoms with van der Waals surface area (Å²) in [7, 11) is 0. The second-order valence-electron chi connectivity index (χ2n) is 7.54. The van der Waals surface area contributed by atoms with Crippen LogP contribution in [0.25, 0.3) is 0 Å². The van der Waals surface area contributed by atoms with Gasteiger partial charge in [-0.1, -0.05) is 18.3 Å². The highest BCUT2D eigenvalue weighted by atomic mass is 32.1. The largest absolute Gasteiger partial charge is 0.354 e. The Morgan fingerprint density at radius 1 is 1.15 bits per heavy atom. The first-order valence-corrected chi connectivity index (χ1v) is 10.6. The van der Waals surface area contributed by atoms with Crippen LogP contribution >= 0.6 is 11.3 Å². The summed E-state index contributed by atoms with van der Waals surface area (Å²) in [5.41, 5.74) is 2.12. The van der Waals surface area contributed by atoms with Crippen molar-refractivity contribution in [3.05, 3.63) is 29.4 Å². The van der Waals surface area contributed by atoms with Crippen LogP contribution in [0.15, 0.2) is 23.8 Å². The quantitative estimate of drug-likeness (QED) is 0.871. The maximum atomic E-state index is 12.2. The number of amides is 1. The van der Waals surface area contributed by atoms with Gasteiger partial charge in [-0.15, -0.1) is 10.2 Å². The molecule has 3 heterocycles. The van der Waals surface area contributed by atoms with Gasteiger partial charge in [0.15, 0.2) is 0 Å². The minimum Gasteiger partial charge on any atom is -0.354 e. The first kappa shape index (κ1) is 18.3. The SMILES string of the molecule is CC1CCC(N2CCN(c3ccc(C(=O)Nc4nncs4)cn3)CC2)CC1. The molecule has 2 fully saturated rings. The zero-order valence-corrected chi connectivity index (χ0v) is 16.5. The smallest absolute Gasteiger partial charge is 0.259 e. The molecule has 0 radical (unpaired) electrons. The number of rotatable bonds is 4. The summed E-state index contributed by atoms with van der Waals surface area (Å²) in [5, 5.41) is 10.8. The molecule has 1 aliphatic carbocycles. The molecule has 1 N–H and O–H groups in total. The third-order valence-corrected chi connectivity index (χ3v) is 6.34. The van der Waals surface area contributed by atoms with E-state index in [0.717, 1.165) is 44.0 Å². The average Bonchev–Trinajstić information content (AvgIpc) is 3.22. The fourth-order valence-electron chi connectivity index (χ4n) is 4.03. The fraction of sp³-hybridized carbons (Fsp3) is 0.579. The summed E-state index contributed by atoms with van der Waals surface area (Å²) >= 11 is 1.30. The first-order chi connectivity index (χ1) is 13.2. The Morgan fingerprint density at radius 2 is 1.93 bits per heavy atom. The zero-order chi connectivity index (χ0) is 18.6. The van der Waals surface area contributed by atoms with Gasteiger partial charge in [0.05, 0.1) is 5.56 Å². The van der Waals surface area contributed by atoms with E-state index in [1.807, 2.05) is 12.1 Å². The minimum atomic E-state index is -0.206. The molecule has 144 valence electrons. The lowest BCUT2D eigenvalue weighted by Crippen LogP contribution is -2.51. The first-order valence-electron chi connectivity index (χ1n) is 9.71. The molecule has 0 unspecified atom stereocenters. The van der Waals surface area contributed by atoms with Gasteiger partial charge in [-0.25, -0.2) is 4.98 Å². The van der Waals surface area contributed by atoms with Gasteiger partial charge >= 0.3 is 0 Å². The Hall–Kier alpha value is -2.06. The zero-order valence-electron chi connectivity index (χ0n) is 15.7. The third kappa shape index (κ3) is 4.44. The lowest BCUT2D eigenvalue weighted by atomic mass is 9.86. The van der Waals surface area contributed by atoms with Gasteiger partial charge in [0.1, 0.15) is 11.3 Å². The Labute approximate surface area is 163 Å². The second-order valence-corrected chi connectivity index (χ2v) is 8.37. The maximum Gasteiger partial charge on any atom is 0.259 e. The van der Waals surface area contributed by atoms with E-state index < -0.39 is 0 Å². The highest BCUT2D eigenvalue weighted by molar-refractivity contribution is 7.13. The lowest BCUT2D eigenvalue weighted by Gasteiger charge is -2.42. The average molecular weight is 387 g/mol. The van der Waals surface area contributed by atoms with Crippen molar-refractivity contribution in [3.63, 3.8) is 0 Å². The van der Waals surface area contributed by atoms with Gasteiger partial charge in [0.25, 0.3) is 5.91 Å². The summed E-state index contributed by atoms with van der Waals surface area (Å²) in [6, 6.07) is 4.53. The van der Waals surface area contributed by atoms with Crippen molar-refractivity contribution in [3.8, 4) is 0 Å². The molecule has 2 aliphatic rings. The predicted octanol–water partition coefficient (Wildman–Crippen LogP) is 2.89. The maximum absolute atomic E-state index is 12.2. The molecule has 27 heavy (non-hydrogen) atoms. The summed E-state index contributed by atoms with van der Waals surface area (Å²) in [6.07, 6.45) is 7.07. The predicted molar refractivity (Wildman–Crippen MR) is 107 cm³/mol. The van der Waals surface area contributed by atoms with E-state index in [2.05, 4.69) is 37.2 Å². The minimum absolute atomic E-state index is 0.206. The molecule has 1 amide bonds. The Balaban J connectivity index is 1.30. The molecule has 1 aliphatic heterocycles. The van der Waals surface area contributed by atoms with Crippen molar-refractivity contribution in [1.82, 2.24) is 20.1 Å². The van der Waals surface area contributed by atoms with Gasteiger partial charge in [-0.05, 0) is 43.7 Å². The van der Waals surface area contributed by atoms with E-state index in [0.29, 0.717) is 10.7 Å². The van der Waals surface area contributed by atoms with Crippen LogP contribution in [-0.4, -0.2) is 58.2 Å². The molecule has 0 aromatic carbocycles. The molecule has 7 nitrogen and oxygen atoms in total. The van der Waals surface area contributed by atoms with Gasteiger partial charge in [-0.3, -0.25) is 15.0 Å². The van der Waals surface area contributed by atoms with Gasteiger partial charge in [-0.2, -0.15) is 0 Å². The van der Waals surface area contributed by atoms with E-state index in [-0.39, 0.29) is 5.91 Å². The van der Waals surface area contributed by atoms with Crippen molar-refractivity contribution in [1.29, 1.82) is 0 Å². The number of pyridine rings is 1. The van der Waals surface area contributed by atoms with Crippen LogP contribution in [0.2, 0.25) is 0 Å². The van der Waals surface area contributed by atoms with Crippen molar-refractivity contribution in [2.24, 2.45) is 5.92 Å². The Bertz CT molecular complexity index is 734. The van der Waals surface area contributed by atoms with Crippen LogP contribution < -0.4 is 10.2 Å². The molecule has 1 saturated heterocycles. The molecule has 8 heteroatoms. The summed E-state index contributed by atoms with van der Waals surface area (Å²) in [6.45, 7) is 6.56. The van der Waals surface area contributed by atoms with Crippen LogP contribution in [0.4, 0.5) is 10.9 Å². The number of carbonyl (C=O) groups excluding carboxylic acids is 1. The number of nitrogens with one attached hydrogen (secondary N) is 1. The Kier molecular flexibility index (Phi) is 5.63. The van der Waals surface area contributed by atoms with Crippen LogP contribution in [0, 0.1) is 5.92 Å². The van der Waals surface area contributed by atoms with Gasteiger partial charge in [0, 0.05) is 38.4 Å². The molecule has 2 aromatic heterocycles. The van der Waals surface area contributed by atoms with E-state index in [4.69, 9.17) is 0 Å². The number of piperazine rings is 1. The number of carbonyl (C=O) groups is 1. The topological polar surface area (TPSA) is 74.2 Å². The standard InChI is InChI=1S/C19H26N6OS/c1-14-2-5-16(6-3-14)24-8-10-25(11-9-24)17-7-4-15(12-20-17)18(26)22-19-23-21-13-27-19/h4,7,12-14,16H,2-3,5-6,8-11H2,1H3,(H,22,23,26). The molecular formula is C19H26N6OS. The molecule has 4 rings (SSSR count). The van der Waals surface area contributed by atoms with Crippen LogP contribution in [-0.2, 0) is 0 Å². The van der Waals surface area contributed by atoms with Crippen molar-refractivity contribution < 1.29 is 4.79 Å². The number of aromatic nitrogens is 3. The number of hydrogen-bond acceptors (Lipinski definition) is 7. The Morgan fingerprint density at radius 3 is 2.56 bits per heavy atom. The summed E-state index contributed by atoms with van der Waals surface area (Å²) < 4.78 is 0. The van der Waals surface area contributed by atoms with Crippen LogP contribution in [0.5, 0.6) is 0 Å². The van der Waals surface area contributed by atoms with E-state index in [1.165, 1.54) is 37.0 Å². The van der Waals surface area contributed by atoms with Gasteiger partial charge in [0.2, 0.25) is 5.13 Å². The summed E-state index contributed by atoms with van der Waals surface area (Å²) in [4.78, 5) is 21.7. The highest BCUT2D eigenvalue weighted by Crippen LogP contribution is 2.28. The molecule has 1 saturated carbocycles. The summed E-state index contributed by atoms with van der Waals surface area (Å²) in [5.74, 6) is 1.64. The van der Waals surface area contributed by atoms with E-state index in [1.54, 1.807) is 11.7 Å². The van der Waals surface area contributed by atoms with E-state index >= 15 is 0 Å². The highest BCUT2D eigenvalue weighted by Gasteiger charge is 2.27. The normalized spacial score (nSPS) is 24.0. The third-order valence-electron chi connectivity index (χ3n) is 5.73. The molecule has 0 atom stereocenters. The second kappa shape index (κ2) is 8.31. The number of nitrogens with zero attached hydrogens (tertiary/aromatic N) is 5. The molecular weight excluding hydrogens is 360 g/mol. The van der Waals surface area contributed by atoms with E-state index in [9.17, 15) is 4.79 Å². The lowest BCUT2D eigenvalue weighted by molar-refractivity contribution is 0.102. The van der Waals surface area contributed by atoms with Crippen LogP contribution in [0.1, 0.15) is 43.0 Å². The van der Waals surface area contributed by atoms with Crippen molar-refractivity contribution >= 4 is 28.2 Å². The number of hydrogen-bond donors (Lipinski definition) is 1. The fourth-order valence-corrected chi connectivity index (χ4v) is 4.47.